The van der Waals surface area contributed by atoms with E-state index in [4.69, 9.17) is 11.6 Å². The molecule has 2 heteroatoms. The third kappa shape index (κ3) is 3.87. The predicted molar refractivity (Wildman–Crippen MR) is 89.7 cm³/mol. The minimum Gasteiger partial charge on any atom is -0.306 e. The Labute approximate surface area is 132 Å². The van der Waals surface area contributed by atoms with Crippen LogP contribution in [-0.4, -0.2) is 0 Å². The highest BCUT2D eigenvalue weighted by Gasteiger charge is 2.22. The van der Waals surface area contributed by atoms with E-state index in [0.717, 1.165) is 23.9 Å². The van der Waals surface area contributed by atoms with Gasteiger partial charge in [0, 0.05) is 17.6 Å². The molecule has 2 aromatic rings. The average Bonchev–Trinajstić information content (AvgIpc) is 3.33. The van der Waals surface area contributed by atoms with Crippen molar-refractivity contribution in [1.29, 1.82) is 0 Å². The summed E-state index contributed by atoms with van der Waals surface area (Å²) in [6.07, 6.45) is 3.79. The summed E-state index contributed by atoms with van der Waals surface area (Å²) in [5.74, 6) is 0.835. The highest BCUT2D eigenvalue weighted by atomic mass is 35.5. The van der Waals surface area contributed by atoms with E-state index in [2.05, 4.69) is 48.6 Å². The second kappa shape index (κ2) is 6.64. The van der Waals surface area contributed by atoms with E-state index in [1.165, 1.54) is 29.5 Å². The Bertz CT molecular complexity index is 587. The molecule has 0 spiro atoms. The molecule has 3 rings (SSSR count). The van der Waals surface area contributed by atoms with Gasteiger partial charge in [-0.15, -0.1) is 0 Å². The van der Waals surface area contributed by atoms with Gasteiger partial charge in [0.15, 0.2) is 0 Å². The topological polar surface area (TPSA) is 12.0 Å². The van der Waals surface area contributed by atoms with Gasteiger partial charge in [-0.05, 0) is 54.0 Å². The zero-order chi connectivity index (χ0) is 14.7. The maximum atomic E-state index is 6.09. The van der Waals surface area contributed by atoms with Crippen molar-refractivity contribution in [1.82, 2.24) is 5.32 Å². The lowest BCUT2D eigenvalue weighted by Crippen LogP contribution is -2.20. The fourth-order valence-electron chi connectivity index (χ4n) is 2.79. The van der Waals surface area contributed by atoms with Crippen LogP contribution in [-0.2, 0) is 6.54 Å². The van der Waals surface area contributed by atoms with Crippen molar-refractivity contribution in [2.75, 3.05) is 0 Å². The Morgan fingerprint density at radius 3 is 2.52 bits per heavy atom. The highest BCUT2D eigenvalue weighted by molar-refractivity contribution is 6.30. The van der Waals surface area contributed by atoms with Crippen molar-refractivity contribution in [3.63, 3.8) is 0 Å². The summed E-state index contributed by atoms with van der Waals surface area (Å²) in [6, 6.07) is 17.6. The first-order valence-electron chi connectivity index (χ1n) is 7.84. The van der Waals surface area contributed by atoms with E-state index in [-0.39, 0.29) is 0 Å². The fourth-order valence-corrected chi connectivity index (χ4v) is 2.99. The summed E-state index contributed by atoms with van der Waals surface area (Å²) in [5.41, 5.74) is 4.11. The van der Waals surface area contributed by atoms with Crippen LogP contribution in [0.25, 0.3) is 0 Å². The van der Waals surface area contributed by atoms with Gasteiger partial charge in [0.1, 0.15) is 0 Å². The quantitative estimate of drug-likeness (QED) is 0.747. The second-order valence-corrected chi connectivity index (χ2v) is 6.35. The van der Waals surface area contributed by atoms with Gasteiger partial charge in [0.05, 0.1) is 0 Å². The lowest BCUT2D eigenvalue weighted by molar-refractivity contribution is 0.519. The second-order valence-electron chi connectivity index (χ2n) is 5.91. The van der Waals surface area contributed by atoms with Crippen molar-refractivity contribution in [3.05, 3.63) is 70.2 Å². The molecule has 110 valence electrons. The molecular formula is C19H22ClN. The van der Waals surface area contributed by atoms with E-state index >= 15 is 0 Å². The summed E-state index contributed by atoms with van der Waals surface area (Å²) >= 11 is 6.09. The molecule has 0 bridgehead atoms. The van der Waals surface area contributed by atoms with Crippen LogP contribution >= 0.6 is 11.6 Å². The monoisotopic (exact) mass is 299 g/mol. The first-order chi connectivity index (χ1) is 10.3. The van der Waals surface area contributed by atoms with Crippen LogP contribution in [0.5, 0.6) is 0 Å². The first kappa shape index (κ1) is 14.6. The molecule has 0 aromatic heterocycles. The normalized spacial score (nSPS) is 15.9. The maximum Gasteiger partial charge on any atom is 0.0409 e. The molecule has 1 aliphatic rings. The van der Waals surface area contributed by atoms with Crippen LogP contribution in [0.4, 0.5) is 0 Å². The van der Waals surface area contributed by atoms with Gasteiger partial charge in [-0.2, -0.15) is 0 Å². The average molecular weight is 300 g/mol. The smallest absolute Gasteiger partial charge is 0.0409 e. The van der Waals surface area contributed by atoms with Crippen LogP contribution in [0.1, 0.15) is 54.8 Å². The standard InChI is InChI=1S/C19H22ClN/c1-2-19(17-4-3-5-18(20)12-17)21-13-14-6-8-15(9-7-14)16-10-11-16/h3-9,12,16,19,21H,2,10-11,13H2,1H3. The number of halogens is 1. The van der Waals surface area contributed by atoms with Crippen molar-refractivity contribution in [2.24, 2.45) is 0 Å². The number of nitrogens with one attached hydrogen (secondary N) is 1. The molecule has 1 atom stereocenters. The summed E-state index contributed by atoms with van der Waals surface area (Å²) in [7, 11) is 0. The van der Waals surface area contributed by atoms with Crippen LogP contribution < -0.4 is 5.32 Å². The van der Waals surface area contributed by atoms with Gasteiger partial charge in [0.25, 0.3) is 0 Å². The number of rotatable bonds is 6. The van der Waals surface area contributed by atoms with Crippen LogP contribution in [0.3, 0.4) is 0 Å². The van der Waals surface area contributed by atoms with Crippen LogP contribution in [0.2, 0.25) is 5.02 Å². The van der Waals surface area contributed by atoms with Crippen LogP contribution in [0, 0.1) is 0 Å². The summed E-state index contributed by atoms with van der Waals surface area (Å²) in [4.78, 5) is 0. The van der Waals surface area contributed by atoms with Gasteiger partial charge in [-0.25, -0.2) is 0 Å². The largest absolute Gasteiger partial charge is 0.306 e. The van der Waals surface area contributed by atoms with Crippen molar-refractivity contribution in [3.8, 4) is 0 Å². The Morgan fingerprint density at radius 2 is 1.90 bits per heavy atom. The van der Waals surface area contributed by atoms with Gasteiger partial charge in [0.2, 0.25) is 0 Å². The maximum absolute atomic E-state index is 6.09. The van der Waals surface area contributed by atoms with Crippen molar-refractivity contribution < 1.29 is 0 Å². The molecule has 1 unspecified atom stereocenters. The number of hydrogen-bond donors (Lipinski definition) is 1. The molecule has 21 heavy (non-hydrogen) atoms. The molecule has 0 radical (unpaired) electrons. The summed E-state index contributed by atoms with van der Waals surface area (Å²) < 4.78 is 0. The lowest BCUT2D eigenvalue weighted by Gasteiger charge is -2.18. The van der Waals surface area contributed by atoms with E-state index in [1.807, 2.05) is 12.1 Å². The fraction of sp³-hybridized carbons (Fsp3) is 0.368. The van der Waals surface area contributed by atoms with Crippen molar-refractivity contribution >= 4 is 11.6 Å². The van der Waals surface area contributed by atoms with Crippen LogP contribution in [0.15, 0.2) is 48.5 Å². The molecule has 1 nitrogen and oxygen atoms in total. The zero-order valence-electron chi connectivity index (χ0n) is 12.5. The Morgan fingerprint density at radius 1 is 1.14 bits per heavy atom. The van der Waals surface area contributed by atoms with E-state index in [1.54, 1.807) is 0 Å². The Balaban J connectivity index is 1.61. The molecule has 1 aliphatic carbocycles. The Hall–Kier alpha value is -1.31. The SMILES string of the molecule is CCC(NCc1ccc(C2CC2)cc1)c1cccc(Cl)c1. The van der Waals surface area contributed by atoms with E-state index in [9.17, 15) is 0 Å². The minimum absolute atomic E-state index is 0.354. The molecule has 1 N–H and O–H groups in total. The first-order valence-corrected chi connectivity index (χ1v) is 8.21. The molecule has 2 aromatic carbocycles. The van der Waals surface area contributed by atoms with E-state index in [0.29, 0.717) is 6.04 Å². The zero-order valence-corrected chi connectivity index (χ0v) is 13.2. The molecule has 1 saturated carbocycles. The van der Waals surface area contributed by atoms with Gasteiger partial charge in [-0.3, -0.25) is 0 Å². The third-order valence-corrected chi connectivity index (χ3v) is 4.48. The lowest BCUT2D eigenvalue weighted by atomic mass is 10.0. The van der Waals surface area contributed by atoms with Gasteiger partial charge in [-0.1, -0.05) is 54.9 Å². The Kier molecular flexibility index (Phi) is 4.62. The summed E-state index contributed by atoms with van der Waals surface area (Å²) in [6.45, 7) is 3.10. The number of hydrogen-bond acceptors (Lipinski definition) is 1. The number of benzene rings is 2. The molecule has 1 fully saturated rings. The predicted octanol–water partition coefficient (Wildman–Crippen LogP) is 5.46. The molecular weight excluding hydrogens is 278 g/mol. The van der Waals surface area contributed by atoms with Crippen molar-refractivity contribution in [2.45, 2.75) is 44.7 Å². The minimum atomic E-state index is 0.354. The highest BCUT2D eigenvalue weighted by Crippen LogP contribution is 2.39. The molecule has 0 aliphatic heterocycles. The molecule has 0 saturated heterocycles. The summed E-state index contributed by atoms with van der Waals surface area (Å²) in [5, 5.41) is 4.44. The van der Waals surface area contributed by atoms with Gasteiger partial charge < -0.3 is 5.32 Å². The van der Waals surface area contributed by atoms with Gasteiger partial charge >= 0.3 is 0 Å². The van der Waals surface area contributed by atoms with E-state index < -0.39 is 0 Å². The molecule has 0 amide bonds. The molecule has 0 heterocycles. The third-order valence-electron chi connectivity index (χ3n) is 4.24.